The number of benzene rings is 2. The zero-order valence-electron chi connectivity index (χ0n) is 14.7. The Morgan fingerprint density at radius 1 is 1.26 bits per heavy atom. The summed E-state index contributed by atoms with van der Waals surface area (Å²) in [6, 6.07) is 10.8. The van der Waals surface area contributed by atoms with E-state index in [4.69, 9.17) is 14.2 Å². The number of esters is 1. The number of ether oxygens (including phenoxy) is 3. The van der Waals surface area contributed by atoms with E-state index >= 15 is 0 Å². The number of fused-ring (bicyclic) bond motifs is 1. The molecule has 1 aliphatic rings. The monoisotopic (exact) mass is 428 g/mol. The smallest absolute Gasteiger partial charge is 0.344 e. The Bertz CT molecular complexity index is 928. The highest BCUT2D eigenvalue weighted by Gasteiger charge is 2.30. The molecule has 5 nitrogen and oxygen atoms in total. The third-order valence-corrected chi connectivity index (χ3v) is 4.36. The van der Waals surface area contributed by atoms with Crippen molar-refractivity contribution in [2.45, 2.75) is 6.92 Å². The molecular formula is C21H17BrO5. The van der Waals surface area contributed by atoms with Gasteiger partial charge in [0, 0.05) is 10.5 Å². The second-order valence-corrected chi connectivity index (χ2v) is 6.78. The molecule has 0 bridgehead atoms. The van der Waals surface area contributed by atoms with Crippen molar-refractivity contribution in [3.63, 3.8) is 0 Å². The summed E-state index contributed by atoms with van der Waals surface area (Å²) >= 11 is 3.38. The highest BCUT2D eigenvalue weighted by Crippen LogP contribution is 2.37. The van der Waals surface area contributed by atoms with Gasteiger partial charge in [0.15, 0.2) is 12.4 Å². The van der Waals surface area contributed by atoms with Crippen LogP contribution in [0.25, 0.3) is 6.08 Å². The standard InChI is InChI=1S/C21H17BrO5/c1-3-8-25-19(23)12-26-16-9-13(2)20-17(11-16)27-18(21(20)24)10-14-4-6-15(22)7-5-14/h3-7,9-11H,1,8,12H2,2H3/b18-10-. The highest BCUT2D eigenvalue weighted by atomic mass is 79.9. The Labute approximate surface area is 165 Å². The van der Waals surface area contributed by atoms with Crippen LogP contribution >= 0.6 is 15.9 Å². The molecule has 0 aliphatic carbocycles. The minimum absolute atomic E-state index is 0.132. The summed E-state index contributed by atoms with van der Waals surface area (Å²) in [4.78, 5) is 24.2. The van der Waals surface area contributed by atoms with Crippen molar-refractivity contribution >= 4 is 33.8 Å². The molecule has 0 N–H and O–H groups in total. The maximum atomic E-state index is 12.7. The van der Waals surface area contributed by atoms with E-state index in [2.05, 4.69) is 22.5 Å². The zero-order valence-corrected chi connectivity index (χ0v) is 16.2. The normalized spacial score (nSPS) is 13.9. The molecule has 1 aliphatic heterocycles. The maximum absolute atomic E-state index is 12.7. The molecule has 0 atom stereocenters. The van der Waals surface area contributed by atoms with Crippen LogP contribution in [0.3, 0.4) is 0 Å². The van der Waals surface area contributed by atoms with Gasteiger partial charge in [0.05, 0.1) is 5.56 Å². The molecule has 6 heteroatoms. The Balaban J connectivity index is 1.77. The topological polar surface area (TPSA) is 61.8 Å². The van der Waals surface area contributed by atoms with E-state index in [9.17, 15) is 9.59 Å². The van der Waals surface area contributed by atoms with Gasteiger partial charge in [0.25, 0.3) is 0 Å². The van der Waals surface area contributed by atoms with Gasteiger partial charge in [-0.05, 0) is 42.3 Å². The van der Waals surface area contributed by atoms with Gasteiger partial charge in [0.1, 0.15) is 18.1 Å². The fourth-order valence-corrected chi connectivity index (χ4v) is 2.87. The Morgan fingerprint density at radius 2 is 2.00 bits per heavy atom. The van der Waals surface area contributed by atoms with Gasteiger partial charge < -0.3 is 14.2 Å². The van der Waals surface area contributed by atoms with Crippen molar-refractivity contribution in [1.82, 2.24) is 0 Å². The van der Waals surface area contributed by atoms with Gasteiger partial charge in [-0.25, -0.2) is 4.79 Å². The first kappa shape index (κ1) is 18.9. The summed E-state index contributed by atoms with van der Waals surface area (Å²) in [6.07, 6.45) is 3.18. The second-order valence-electron chi connectivity index (χ2n) is 5.86. The molecule has 0 aromatic heterocycles. The minimum atomic E-state index is -0.499. The molecule has 0 saturated carbocycles. The summed E-state index contributed by atoms with van der Waals surface area (Å²) in [7, 11) is 0. The number of aryl methyl sites for hydroxylation is 1. The number of carbonyl (C=O) groups excluding carboxylic acids is 2. The summed E-state index contributed by atoms with van der Waals surface area (Å²) in [6.45, 7) is 5.17. The van der Waals surface area contributed by atoms with E-state index in [0.29, 0.717) is 22.6 Å². The lowest BCUT2D eigenvalue weighted by Crippen LogP contribution is -2.14. The molecule has 2 aromatic rings. The summed E-state index contributed by atoms with van der Waals surface area (Å²) in [5, 5.41) is 0. The first-order valence-corrected chi connectivity index (χ1v) is 9.01. The summed E-state index contributed by atoms with van der Waals surface area (Å²) < 4.78 is 17.0. The fraction of sp³-hybridized carbons (Fsp3) is 0.143. The van der Waals surface area contributed by atoms with Crippen molar-refractivity contribution in [2.75, 3.05) is 13.2 Å². The molecule has 0 unspecified atom stereocenters. The van der Waals surface area contributed by atoms with Gasteiger partial charge in [-0.3, -0.25) is 4.79 Å². The van der Waals surface area contributed by atoms with E-state index in [1.807, 2.05) is 24.3 Å². The van der Waals surface area contributed by atoms with Crippen molar-refractivity contribution in [1.29, 1.82) is 0 Å². The van der Waals surface area contributed by atoms with Gasteiger partial charge in [0.2, 0.25) is 5.78 Å². The number of carbonyl (C=O) groups is 2. The number of ketones is 1. The number of halogens is 1. The number of Topliss-reactive ketones (excluding diaryl/α,β-unsaturated/α-hetero) is 1. The van der Waals surface area contributed by atoms with Crippen LogP contribution in [0.4, 0.5) is 0 Å². The molecule has 27 heavy (non-hydrogen) atoms. The molecule has 0 amide bonds. The molecule has 0 fully saturated rings. The van der Waals surface area contributed by atoms with Crippen LogP contribution in [-0.4, -0.2) is 25.0 Å². The minimum Gasteiger partial charge on any atom is -0.482 e. The molecule has 138 valence electrons. The predicted molar refractivity (Wildman–Crippen MR) is 105 cm³/mol. The SMILES string of the molecule is C=CCOC(=O)COc1cc(C)c2c(c1)O/C(=C\c1ccc(Br)cc1)C2=O. The first-order chi connectivity index (χ1) is 13.0. The predicted octanol–water partition coefficient (Wildman–Crippen LogP) is 4.48. The molecule has 3 rings (SSSR count). The average Bonchev–Trinajstić information content (AvgIpc) is 2.96. The summed E-state index contributed by atoms with van der Waals surface area (Å²) in [5.41, 5.74) is 2.07. The maximum Gasteiger partial charge on any atom is 0.344 e. The van der Waals surface area contributed by atoms with Crippen molar-refractivity contribution < 1.29 is 23.8 Å². The van der Waals surface area contributed by atoms with Crippen molar-refractivity contribution in [3.8, 4) is 11.5 Å². The highest BCUT2D eigenvalue weighted by molar-refractivity contribution is 9.10. The Morgan fingerprint density at radius 3 is 2.70 bits per heavy atom. The van der Waals surface area contributed by atoms with Gasteiger partial charge in [-0.2, -0.15) is 0 Å². The van der Waals surface area contributed by atoms with E-state index in [1.165, 1.54) is 6.08 Å². The van der Waals surface area contributed by atoms with Gasteiger partial charge in [-0.15, -0.1) is 0 Å². The third kappa shape index (κ3) is 4.46. The van der Waals surface area contributed by atoms with E-state index < -0.39 is 5.97 Å². The summed E-state index contributed by atoms with van der Waals surface area (Å²) in [5.74, 6) is 0.415. The molecule has 0 radical (unpaired) electrons. The molecular weight excluding hydrogens is 412 g/mol. The van der Waals surface area contributed by atoms with Gasteiger partial charge >= 0.3 is 5.97 Å². The lowest BCUT2D eigenvalue weighted by molar-refractivity contribution is -0.144. The number of allylic oxidation sites excluding steroid dienone is 1. The lowest BCUT2D eigenvalue weighted by atomic mass is 10.0. The van der Waals surface area contributed by atoms with E-state index in [0.717, 1.165) is 10.0 Å². The Hall–Kier alpha value is -2.86. The van der Waals surface area contributed by atoms with E-state index in [-0.39, 0.29) is 24.8 Å². The molecule has 2 aromatic carbocycles. The van der Waals surface area contributed by atoms with Crippen LogP contribution in [0.5, 0.6) is 11.5 Å². The molecule has 1 heterocycles. The zero-order chi connectivity index (χ0) is 19.4. The van der Waals surface area contributed by atoms with E-state index in [1.54, 1.807) is 25.1 Å². The van der Waals surface area contributed by atoms with Crippen LogP contribution in [-0.2, 0) is 9.53 Å². The quantitative estimate of drug-likeness (QED) is 0.385. The van der Waals surface area contributed by atoms with Crippen LogP contribution < -0.4 is 9.47 Å². The number of hydrogen-bond acceptors (Lipinski definition) is 5. The second kappa shape index (κ2) is 8.22. The number of rotatable bonds is 6. The average molecular weight is 429 g/mol. The van der Waals surface area contributed by atoms with Crippen LogP contribution in [0.15, 0.2) is 59.3 Å². The fourth-order valence-electron chi connectivity index (χ4n) is 2.61. The molecule has 0 spiro atoms. The van der Waals surface area contributed by atoms with Crippen LogP contribution in [0.1, 0.15) is 21.5 Å². The Kier molecular flexibility index (Phi) is 5.76. The largest absolute Gasteiger partial charge is 0.482 e. The van der Waals surface area contributed by atoms with Crippen LogP contribution in [0, 0.1) is 6.92 Å². The lowest BCUT2D eigenvalue weighted by Gasteiger charge is -2.08. The van der Waals surface area contributed by atoms with Gasteiger partial charge in [-0.1, -0.05) is 40.7 Å². The van der Waals surface area contributed by atoms with Crippen molar-refractivity contribution in [3.05, 3.63) is 76.0 Å². The van der Waals surface area contributed by atoms with Crippen LogP contribution in [0.2, 0.25) is 0 Å². The van der Waals surface area contributed by atoms with Crippen molar-refractivity contribution in [2.24, 2.45) is 0 Å². The number of hydrogen-bond donors (Lipinski definition) is 0. The molecule has 0 saturated heterocycles. The first-order valence-electron chi connectivity index (χ1n) is 8.21. The third-order valence-electron chi connectivity index (χ3n) is 3.83.